The van der Waals surface area contributed by atoms with Crippen LogP contribution in [0.5, 0.6) is 0 Å². The summed E-state index contributed by atoms with van der Waals surface area (Å²) in [4.78, 5) is 24.4. The fourth-order valence-electron chi connectivity index (χ4n) is 8.52. The molecule has 4 heterocycles. The summed E-state index contributed by atoms with van der Waals surface area (Å²) in [5, 5.41) is 13.6. The number of anilines is 6. The third-order valence-corrected chi connectivity index (χ3v) is 11.5. The van der Waals surface area contributed by atoms with Gasteiger partial charge in [0.2, 0.25) is 0 Å². The fourth-order valence-corrected chi connectivity index (χ4v) is 8.52. The van der Waals surface area contributed by atoms with Gasteiger partial charge in [0.05, 0.1) is 0 Å². The lowest BCUT2D eigenvalue weighted by molar-refractivity contribution is 1.14. The van der Waals surface area contributed by atoms with Crippen LogP contribution in [0.4, 0.5) is 34.6 Å². The Morgan fingerprint density at radius 2 is 0.741 bits per heavy atom. The maximum Gasteiger partial charge on any atom is 0.146 e. The van der Waals surface area contributed by atoms with Gasteiger partial charge in [-0.2, -0.15) is 0 Å². The summed E-state index contributed by atoms with van der Waals surface area (Å²) >= 11 is 0. The zero-order valence-electron chi connectivity index (χ0n) is 32.0. The van der Waals surface area contributed by atoms with E-state index in [0.29, 0.717) is 0 Å². The highest BCUT2D eigenvalue weighted by Gasteiger charge is 2.22. The van der Waals surface area contributed by atoms with Crippen LogP contribution in [0.3, 0.4) is 0 Å². The second-order valence-corrected chi connectivity index (χ2v) is 14.9. The second-order valence-electron chi connectivity index (χ2n) is 14.9. The minimum absolute atomic E-state index is 0.805. The smallest absolute Gasteiger partial charge is 0.146 e. The Morgan fingerprint density at radius 1 is 0.328 bits per heavy atom. The first-order valence-electron chi connectivity index (χ1n) is 19.5. The highest BCUT2D eigenvalue weighted by atomic mass is 15.2. The topological polar surface area (TPSA) is 58.0 Å². The summed E-state index contributed by atoms with van der Waals surface area (Å²) in [6.07, 6.45) is 7.74. The second kappa shape index (κ2) is 13.5. The molecule has 0 amide bonds. The molecule has 4 aromatic heterocycles. The number of aromatic nitrogens is 4. The van der Waals surface area contributed by atoms with Crippen molar-refractivity contribution in [1.82, 2.24) is 19.9 Å². The van der Waals surface area contributed by atoms with Gasteiger partial charge < -0.3 is 0 Å². The van der Waals surface area contributed by atoms with Crippen molar-refractivity contribution in [3.8, 4) is 0 Å². The first kappa shape index (κ1) is 33.6. The molecule has 0 bridgehead atoms. The molecule has 0 aliphatic carbocycles. The van der Waals surface area contributed by atoms with Gasteiger partial charge in [-0.15, -0.1) is 0 Å². The monoisotopic (exact) mass is 744 g/mol. The summed E-state index contributed by atoms with van der Waals surface area (Å²) in [7, 11) is 0. The number of fused-ring (bicyclic) bond motifs is 6. The average molecular weight is 745 g/mol. The van der Waals surface area contributed by atoms with Crippen molar-refractivity contribution in [3.05, 3.63) is 194 Å². The van der Waals surface area contributed by atoms with Crippen molar-refractivity contribution in [2.45, 2.75) is 13.8 Å². The van der Waals surface area contributed by atoms with Crippen LogP contribution in [0.15, 0.2) is 183 Å². The number of benzene rings is 7. The quantitative estimate of drug-likeness (QED) is 0.158. The van der Waals surface area contributed by atoms with Gasteiger partial charge in [0.25, 0.3) is 0 Å². The van der Waals surface area contributed by atoms with Gasteiger partial charge in [-0.25, -0.2) is 19.9 Å². The molecule has 0 atom stereocenters. The molecule has 0 saturated carbocycles. The van der Waals surface area contributed by atoms with Crippen molar-refractivity contribution in [3.63, 3.8) is 0 Å². The highest BCUT2D eigenvalue weighted by Crippen LogP contribution is 2.43. The van der Waals surface area contributed by atoms with Crippen molar-refractivity contribution in [1.29, 1.82) is 0 Å². The molecule has 0 aliphatic rings. The standard InChI is InChI=1S/C52H36N6/c1-33-44-21-19-42(57(49-25-36-12-3-6-15-39(36)30-54-49)50-26-37-13-4-7-16-40(37)31-55-50)28-47(44)34(2)48-29-43(20-22-45(33)48)58(51-27-38-14-5-8-17-41(38)32-56-51)52-46-18-10-9-11-35(46)23-24-53-52/h3-32H,1-2H3. The third-order valence-electron chi connectivity index (χ3n) is 11.5. The predicted octanol–water partition coefficient (Wildman–Crippen LogP) is 13.7. The van der Waals surface area contributed by atoms with Gasteiger partial charge in [-0.3, -0.25) is 9.80 Å². The number of rotatable bonds is 6. The average Bonchev–Trinajstić information content (AvgIpc) is 3.28. The summed E-state index contributed by atoms with van der Waals surface area (Å²) in [6, 6.07) is 55.5. The highest BCUT2D eigenvalue weighted by molar-refractivity contribution is 6.08. The molecule has 7 aromatic carbocycles. The van der Waals surface area contributed by atoms with Crippen molar-refractivity contribution in [2.24, 2.45) is 0 Å². The van der Waals surface area contributed by atoms with Gasteiger partial charge in [-0.05, 0) is 117 Å². The van der Waals surface area contributed by atoms with E-state index in [1.807, 2.05) is 43.0 Å². The summed E-state index contributed by atoms with van der Waals surface area (Å²) in [5.41, 5.74) is 4.39. The van der Waals surface area contributed by atoms with Crippen molar-refractivity contribution in [2.75, 3.05) is 9.80 Å². The first-order chi connectivity index (χ1) is 28.6. The molecular formula is C52H36N6. The number of hydrogen-bond donors (Lipinski definition) is 0. The molecule has 6 nitrogen and oxygen atoms in total. The van der Waals surface area contributed by atoms with Crippen LogP contribution < -0.4 is 9.80 Å². The Bertz CT molecular complexity index is 3330. The normalized spacial score (nSPS) is 11.6. The third kappa shape index (κ3) is 5.57. The zero-order valence-corrected chi connectivity index (χ0v) is 32.0. The van der Waals surface area contributed by atoms with Crippen molar-refractivity contribution < 1.29 is 0 Å². The van der Waals surface area contributed by atoms with Gasteiger partial charge >= 0.3 is 0 Å². The maximum atomic E-state index is 5.03. The molecule has 0 saturated heterocycles. The van der Waals surface area contributed by atoms with E-state index in [9.17, 15) is 0 Å². The van der Waals surface area contributed by atoms with Crippen LogP contribution in [0.25, 0.3) is 64.6 Å². The summed E-state index contributed by atoms with van der Waals surface area (Å²) in [6.45, 7) is 4.46. The van der Waals surface area contributed by atoms with Crippen LogP contribution in [-0.4, -0.2) is 19.9 Å². The molecule has 0 aliphatic heterocycles. The molecule has 11 rings (SSSR count). The van der Waals surface area contributed by atoms with Gasteiger partial charge in [0.15, 0.2) is 0 Å². The first-order valence-corrected chi connectivity index (χ1v) is 19.5. The maximum absolute atomic E-state index is 5.03. The molecule has 0 spiro atoms. The SMILES string of the molecule is Cc1c2ccc(N(c3cc4ccccc4cn3)c3cc4ccccc4cn3)cc2c(C)c2cc(N(c3cc4ccccc4cn3)c3nccc4ccccc34)ccc12. The Labute approximate surface area is 335 Å². The summed E-state index contributed by atoms with van der Waals surface area (Å²) in [5.74, 6) is 3.25. The predicted molar refractivity (Wildman–Crippen MR) is 241 cm³/mol. The van der Waals surface area contributed by atoms with Crippen molar-refractivity contribution >= 4 is 99.3 Å². The molecule has 0 radical (unpaired) electrons. The molecule has 0 fully saturated rings. The summed E-state index contributed by atoms with van der Waals surface area (Å²) < 4.78 is 0. The van der Waals surface area contributed by atoms with Crippen LogP contribution in [0.2, 0.25) is 0 Å². The molecule has 0 N–H and O–H groups in total. The minimum Gasteiger partial charge on any atom is -0.279 e. The minimum atomic E-state index is 0.805. The molecule has 274 valence electrons. The molecule has 6 heteroatoms. The lowest BCUT2D eigenvalue weighted by Crippen LogP contribution is -2.14. The van der Waals surface area contributed by atoms with Gasteiger partial charge in [0.1, 0.15) is 23.3 Å². The molecular weight excluding hydrogens is 709 g/mol. The number of hydrogen-bond acceptors (Lipinski definition) is 6. The van der Waals surface area contributed by atoms with Gasteiger partial charge in [0, 0.05) is 57.7 Å². The molecule has 11 aromatic rings. The van der Waals surface area contributed by atoms with E-state index in [4.69, 9.17) is 19.9 Å². The molecule has 58 heavy (non-hydrogen) atoms. The number of pyridine rings is 4. The van der Waals surface area contributed by atoms with Crippen LogP contribution in [0.1, 0.15) is 11.1 Å². The van der Waals surface area contributed by atoms with E-state index in [1.54, 1.807) is 0 Å². The Kier molecular flexibility index (Phi) is 7.83. The largest absolute Gasteiger partial charge is 0.279 e. The van der Waals surface area contributed by atoms with Gasteiger partial charge in [-0.1, -0.05) is 109 Å². The Hall–Kier alpha value is -7.70. The fraction of sp³-hybridized carbons (Fsp3) is 0.0385. The van der Waals surface area contributed by atoms with E-state index < -0.39 is 0 Å². The van der Waals surface area contributed by atoms with E-state index in [1.165, 1.54) is 32.7 Å². The number of nitrogens with zero attached hydrogens (tertiary/aromatic N) is 6. The van der Waals surface area contributed by atoms with E-state index in [-0.39, 0.29) is 0 Å². The van der Waals surface area contributed by atoms with Crippen LogP contribution in [-0.2, 0) is 0 Å². The Balaban J connectivity index is 1.12. The zero-order chi connectivity index (χ0) is 38.7. The van der Waals surface area contributed by atoms with E-state index in [0.717, 1.165) is 77.7 Å². The molecule has 0 unspecified atom stereocenters. The van der Waals surface area contributed by atoms with Crippen LogP contribution in [0, 0.1) is 13.8 Å². The lowest BCUT2D eigenvalue weighted by Gasteiger charge is -2.26. The lowest BCUT2D eigenvalue weighted by atomic mass is 9.92. The number of aryl methyl sites for hydroxylation is 2. The Morgan fingerprint density at radius 3 is 1.26 bits per heavy atom. The van der Waals surface area contributed by atoms with E-state index in [2.05, 4.69) is 163 Å². The van der Waals surface area contributed by atoms with E-state index >= 15 is 0 Å². The van der Waals surface area contributed by atoms with Crippen LogP contribution >= 0.6 is 0 Å².